The van der Waals surface area contributed by atoms with Gasteiger partial charge in [-0.1, -0.05) is 24.3 Å². The maximum Gasteiger partial charge on any atom is 0.416 e. The number of aliphatic hydroxyl groups excluding tert-OH is 1. The molecule has 2 N–H and O–H groups in total. The molecule has 2 atom stereocenters. The number of carbonyl (C=O) groups is 1. The third kappa shape index (κ3) is 5.72. The van der Waals surface area contributed by atoms with Crippen LogP contribution in [0.15, 0.2) is 76.4 Å². The molecule has 1 aromatic heterocycles. The van der Waals surface area contributed by atoms with Crippen molar-refractivity contribution in [2.24, 2.45) is 0 Å². The number of nitrogens with zero attached hydrogens (tertiary/aromatic N) is 1. The summed E-state index contributed by atoms with van der Waals surface area (Å²) in [6, 6.07) is 12.7. The smallest absolute Gasteiger partial charge is 0.416 e. The molecule has 36 heavy (non-hydrogen) atoms. The van der Waals surface area contributed by atoms with Crippen LogP contribution in [0, 0.1) is 0 Å². The third-order valence-corrected chi connectivity index (χ3v) is 7.47. The molecule has 2 heterocycles. The Morgan fingerprint density at radius 2 is 1.86 bits per heavy atom. The van der Waals surface area contributed by atoms with Gasteiger partial charge in [-0.15, -0.1) is 0 Å². The minimum atomic E-state index is -4.41. The Morgan fingerprint density at radius 3 is 2.53 bits per heavy atom. The number of benzene rings is 2. The van der Waals surface area contributed by atoms with Crippen LogP contribution < -0.4 is 10.1 Å². The summed E-state index contributed by atoms with van der Waals surface area (Å²) < 4.78 is 75.3. The van der Waals surface area contributed by atoms with Gasteiger partial charge < -0.3 is 19.6 Å². The number of rotatable bonds is 8. The number of hydrogen-bond donors (Lipinski definition) is 2. The predicted octanol–water partition coefficient (Wildman–Crippen LogP) is 3.32. The Labute approximate surface area is 205 Å². The van der Waals surface area contributed by atoms with E-state index in [9.17, 15) is 31.5 Å². The summed E-state index contributed by atoms with van der Waals surface area (Å²) in [5.41, 5.74) is 0.447. The molecule has 0 bridgehead atoms. The van der Waals surface area contributed by atoms with E-state index in [4.69, 9.17) is 9.15 Å². The van der Waals surface area contributed by atoms with E-state index >= 15 is 0 Å². The van der Waals surface area contributed by atoms with E-state index in [1.165, 1.54) is 30.5 Å². The molecule has 0 radical (unpaired) electrons. The van der Waals surface area contributed by atoms with Crippen LogP contribution in [0.1, 0.15) is 23.1 Å². The predicted molar refractivity (Wildman–Crippen MR) is 121 cm³/mol. The fourth-order valence-corrected chi connectivity index (χ4v) is 5.38. The van der Waals surface area contributed by atoms with Crippen molar-refractivity contribution in [1.29, 1.82) is 0 Å². The summed E-state index contributed by atoms with van der Waals surface area (Å²) in [7, 11) is -4.09. The SMILES string of the molecule is O=C(NCc1cccc(OCc2ccc(C(F)(F)F)cc2)c1)[C@@H]1[C@@H](O)CCN1S(=O)(=O)c1ccco1. The van der Waals surface area contributed by atoms with Crippen molar-refractivity contribution in [2.75, 3.05) is 6.54 Å². The van der Waals surface area contributed by atoms with Gasteiger partial charge in [0, 0.05) is 13.1 Å². The van der Waals surface area contributed by atoms with Gasteiger partial charge >= 0.3 is 6.18 Å². The van der Waals surface area contributed by atoms with Crippen molar-refractivity contribution in [1.82, 2.24) is 9.62 Å². The molecule has 3 aromatic rings. The number of nitrogens with one attached hydrogen (secondary N) is 1. The molecular formula is C24H23F3N2O6S. The maximum atomic E-state index is 12.8. The molecule has 192 valence electrons. The van der Waals surface area contributed by atoms with E-state index in [0.29, 0.717) is 16.9 Å². The van der Waals surface area contributed by atoms with Gasteiger partial charge in [-0.3, -0.25) is 4.79 Å². The average Bonchev–Trinajstić information content (AvgIpc) is 3.52. The lowest BCUT2D eigenvalue weighted by molar-refractivity contribution is -0.137. The molecule has 12 heteroatoms. The van der Waals surface area contributed by atoms with Gasteiger partial charge in [0.15, 0.2) is 0 Å². The Kier molecular flexibility index (Phi) is 7.38. The molecule has 4 rings (SSSR count). The molecule has 2 aromatic carbocycles. The first kappa shape index (κ1) is 25.7. The maximum absolute atomic E-state index is 12.8. The summed E-state index contributed by atoms with van der Waals surface area (Å²) >= 11 is 0. The summed E-state index contributed by atoms with van der Waals surface area (Å²) in [4.78, 5) is 12.8. The zero-order valence-corrected chi connectivity index (χ0v) is 19.6. The van der Waals surface area contributed by atoms with E-state index in [2.05, 4.69) is 5.32 Å². The van der Waals surface area contributed by atoms with Crippen LogP contribution >= 0.6 is 0 Å². The molecular weight excluding hydrogens is 501 g/mol. The van der Waals surface area contributed by atoms with Crippen molar-refractivity contribution in [3.05, 3.63) is 83.6 Å². The largest absolute Gasteiger partial charge is 0.489 e. The van der Waals surface area contributed by atoms with Gasteiger partial charge in [0.1, 0.15) is 18.4 Å². The number of carbonyl (C=O) groups excluding carboxylic acids is 1. The number of alkyl halides is 3. The van der Waals surface area contributed by atoms with Gasteiger partial charge in [0.25, 0.3) is 10.0 Å². The average molecular weight is 525 g/mol. The second-order valence-corrected chi connectivity index (χ2v) is 10.0. The molecule has 1 saturated heterocycles. The minimum Gasteiger partial charge on any atom is -0.489 e. The zero-order valence-electron chi connectivity index (χ0n) is 18.8. The van der Waals surface area contributed by atoms with Crippen LogP contribution in [-0.2, 0) is 34.1 Å². The number of furan rings is 1. The second kappa shape index (κ2) is 10.3. The first-order chi connectivity index (χ1) is 17.1. The van der Waals surface area contributed by atoms with Crippen molar-refractivity contribution in [3.63, 3.8) is 0 Å². The standard InChI is InChI=1S/C24H23F3N2O6S/c25-24(26,27)18-8-6-16(7-9-18)15-35-19-4-1-3-17(13-19)14-28-23(31)22-20(30)10-11-29(22)36(32,33)21-5-2-12-34-21/h1-9,12-13,20,22,30H,10-11,14-15H2,(H,28,31)/t20-,22-/m0/s1. The number of aliphatic hydroxyl groups is 1. The van der Waals surface area contributed by atoms with Crippen LogP contribution in [0.25, 0.3) is 0 Å². The fraction of sp³-hybridized carbons (Fsp3) is 0.292. The Bertz CT molecular complexity index is 1290. The van der Waals surface area contributed by atoms with E-state index in [-0.39, 0.29) is 31.2 Å². The molecule has 1 amide bonds. The summed E-state index contributed by atoms with van der Waals surface area (Å²) in [5, 5.41) is 12.6. The summed E-state index contributed by atoms with van der Waals surface area (Å²) in [6.07, 6.45) is -4.27. The number of sulfonamides is 1. The third-order valence-electron chi connectivity index (χ3n) is 5.70. The monoisotopic (exact) mass is 524 g/mol. The quantitative estimate of drug-likeness (QED) is 0.468. The zero-order chi connectivity index (χ0) is 25.9. The second-order valence-electron chi connectivity index (χ2n) is 8.20. The van der Waals surface area contributed by atoms with Gasteiger partial charge in [0.05, 0.1) is 17.9 Å². The molecule has 0 spiro atoms. The van der Waals surface area contributed by atoms with Crippen LogP contribution in [0.5, 0.6) is 5.75 Å². The Morgan fingerprint density at radius 1 is 1.11 bits per heavy atom. The normalized spacial score (nSPS) is 18.8. The van der Waals surface area contributed by atoms with Crippen LogP contribution in [0.3, 0.4) is 0 Å². The van der Waals surface area contributed by atoms with Crippen LogP contribution in [0.2, 0.25) is 0 Å². The molecule has 0 unspecified atom stereocenters. The highest BCUT2D eigenvalue weighted by molar-refractivity contribution is 7.89. The topological polar surface area (TPSA) is 109 Å². The molecule has 1 fully saturated rings. The van der Waals surface area contributed by atoms with Gasteiger partial charge in [-0.05, 0) is 53.9 Å². The van der Waals surface area contributed by atoms with Crippen molar-refractivity contribution >= 4 is 15.9 Å². The van der Waals surface area contributed by atoms with Gasteiger partial charge in [-0.25, -0.2) is 8.42 Å². The van der Waals surface area contributed by atoms with Crippen molar-refractivity contribution < 1.29 is 40.6 Å². The Hall–Kier alpha value is -3.35. The minimum absolute atomic E-state index is 0.0322. The molecule has 1 aliphatic rings. The Balaban J connectivity index is 1.36. The first-order valence-corrected chi connectivity index (χ1v) is 12.4. The van der Waals surface area contributed by atoms with Gasteiger partial charge in [-0.2, -0.15) is 17.5 Å². The molecule has 0 saturated carbocycles. The first-order valence-electron chi connectivity index (χ1n) is 10.9. The van der Waals surface area contributed by atoms with E-state index in [0.717, 1.165) is 16.4 Å². The number of amides is 1. The highest BCUT2D eigenvalue weighted by atomic mass is 32.2. The van der Waals surface area contributed by atoms with Crippen molar-refractivity contribution in [3.8, 4) is 5.75 Å². The van der Waals surface area contributed by atoms with Crippen LogP contribution in [-0.4, -0.2) is 42.4 Å². The molecule has 0 aliphatic carbocycles. The van der Waals surface area contributed by atoms with E-state index in [1.807, 2.05) is 0 Å². The van der Waals surface area contributed by atoms with E-state index in [1.54, 1.807) is 24.3 Å². The highest BCUT2D eigenvalue weighted by Crippen LogP contribution is 2.29. The fourth-order valence-electron chi connectivity index (χ4n) is 3.85. The lowest BCUT2D eigenvalue weighted by atomic mass is 10.1. The van der Waals surface area contributed by atoms with Crippen molar-refractivity contribution in [2.45, 2.75) is 43.0 Å². The van der Waals surface area contributed by atoms with E-state index < -0.39 is 39.8 Å². The number of hydrogen-bond acceptors (Lipinski definition) is 6. The van der Waals surface area contributed by atoms with Gasteiger partial charge in [0.2, 0.25) is 11.0 Å². The molecule has 8 nitrogen and oxygen atoms in total. The number of ether oxygens (including phenoxy) is 1. The lowest BCUT2D eigenvalue weighted by Gasteiger charge is -2.23. The lowest BCUT2D eigenvalue weighted by Crippen LogP contribution is -2.49. The summed E-state index contributed by atoms with van der Waals surface area (Å²) in [5.74, 6) is -0.226. The molecule has 1 aliphatic heterocycles. The number of halogens is 3. The highest BCUT2D eigenvalue weighted by Gasteiger charge is 2.46. The summed E-state index contributed by atoms with van der Waals surface area (Å²) in [6.45, 7) is 0.0472. The van der Waals surface area contributed by atoms with Crippen LogP contribution in [0.4, 0.5) is 13.2 Å².